The topological polar surface area (TPSA) is 98.2 Å². The Morgan fingerprint density at radius 1 is 1.16 bits per heavy atom. The highest BCUT2D eigenvalue weighted by Crippen LogP contribution is 2.36. The summed E-state index contributed by atoms with van der Waals surface area (Å²) >= 11 is 0. The smallest absolute Gasteiger partial charge is 0.372 e. The quantitative estimate of drug-likeness (QED) is 0.549. The number of likely N-dealkylation sites (N-methyl/N-ethyl adjacent to an activating group) is 1. The van der Waals surface area contributed by atoms with Crippen LogP contribution in [0.2, 0.25) is 0 Å². The lowest BCUT2D eigenvalue weighted by Gasteiger charge is -2.42. The third-order valence-corrected chi connectivity index (χ3v) is 6.06. The lowest BCUT2D eigenvalue weighted by molar-refractivity contribution is -0.137. The minimum absolute atomic E-state index is 0.111. The van der Waals surface area contributed by atoms with Crippen LogP contribution in [0.5, 0.6) is 0 Å². The van der Waals surface area contributed by atoms with Crippen LogP contribution in [0.4, 0.5) is 36.4 Å². The van der Waals surface area contributed by atoms with E-state index >= 15 is 0 Å². The number of aliphatic hydroxyl groups excluding tert-OH is 1. The van der Waals surface area contributed by atoms with Gasteiger partial charge in [0.1, 0.15) is 17.7 Å². The number of hydrogen-bond acceptors (Lipinski definition) is 8. The zero-order valence-corrected chi connectivity index (χ0v) is 18.4. The number of nitrogens with one attached hydrogen (secondary N) is 3. The maximum atomic E-state index is 12.7. The van der Waals surface area contributed by atoms with Crippen molar-refractivity contribution in [3.63, 3.8) is 0 Å². The number of aryl methyl sites for hydroxylation is 1. The first kappa shape index (κ1) is 22.4. The van der Waals surface area contributed by atoms with E-state index in [9.17, 15) is 18.3 Å². The molecule has 0 radical (unpaired) electrons. The standard InChI is InChI=1S/C21H28F3N7O/c1-10(2)17-19(32)29-16-11(3)26-20(30-18(16)31(17)4)28-14-7-13(8-14)27-15-6-5-12(9-25-15)21(22,23)24/h5-6,9-10,13-14,17,19,29,32H,7-8H2,1-4H3,(H,25,27)(H,26,28,30)/t13?,14?,17-,19?/m0/s1. The predicted molar refractivity (Wildman–Crippen MR) is 117 cm³/mol. The SMILES string of the molecule is Cc1nc(NC2CC(Nc3ccc(C(F)(F)F)cn3)C2)nc2c1NC(O)[C@H](C(C)C)N2C. The van der Waals surface area contributed by atoms with Gasteiger partial charge in [0, 0.05) is 25.3 Å². The van der Waals surface area contributed by atoms with Crippen molar-refractivity contribution in [2.75, 3.05) is 27.9 Å². The summed E-state index contributed by atoms with van der Waals surface area (Å²) in [6.45, 7) is 5.98. The van der Waals surface area contributed by atoms with Crippen molar-refractivity contribution < 1.29 is 18.3 Å². The van der Waals surface area contributed by atoms with Gasteiger partial charge in [-0.25, -0.2) is 9.97 Å². The molecule has 0 spiro atoms. The molecule has 1 aliphatic carbocycles. The Morgan fingerprint density at radius 2 is 1.84 bits per heavy atom. The lowest BCUT2D eigenvalue weighted by atomic mass is 9.87. The number of aromatic nitrogens is 3. The van der Waals surface area contributed by atoms with E-state index in [0.717, 1.165) is 42.3 Å². The molecule has 1 saturated carbocycles. The predicted octanol–water partition coefficient (Wildman–Crippen LogP) is 3.46. The van der Waals surface area contributed by atoms with Gasteiger partial charge in [-0.3, -0.25) is 0 Å². The number of pyridine rings is 1. The number of hydrogen-bond donors (Lipinski definition) is 4. The zero-order valence-electron chi connectivity index (χ0n) is 18.4. The molecule has 4 rings (SSSR count). The summed E-state index contributed by atoms with van der Waals surface area (Å²) in [5, 5.41) is 20.1. The highest BCUT2D eigenvalue weighted by atomic mass is 19.4. The molecule has 2 atom stereocenters. The molecule has 4 N–H and O–H groups in total. The molecule has 0 saturated heterocycles. The van der Waals surface area contributed by atoms with Crippen LogP contribution in [0.3, 0.4) is 0 Å². The molecule has 1 unspecified atom stereocenters. The van der Waals surface area contributed by atoms with E-state index in [1.54, 1.807) is 0 Å². The summed E-state index contributed by atoms with van der Waals surface area (Å²) in [6, 6.07) is 2.52. The van der Waals surface area contributed by atoms with Crippen molar-refractivity contribution in [2.24, 2.45) is 5.92 Å². The van der Waals surface area contributed by atoms with Gasteiger partial charge >= 0.3 is 6.18 Å². The van der Waals surface area contributed by atoms with Gasteiger partial charge in [0.15, 0.2) is 5.82 Å². The molecule has 174 valence electrons. The fraction of sp³-hybridized carbons (Fsp3) is 0.571. The maximum Gasteiger partial charge on any atom is 0.417 e. The number of alkyl halides is 3. The molecule has 1 aliphatic heterocycles. The first-order valence-electron chi connectivity index (χ1n) is 10.7. The van der Waals surface area contributed by atoms with Gasteiger partial charge in [-0.1, -0.05) is 13.8 Å². The summed E-state index contributed by atoms with van der Waals surface area (Å²) in [6.07, 6.45) is -2.72. The molecule has 1 fully saturated rings. The Hall–Kier alpha value is -2.82. The minimum atomic E-state index is -4.39. The molecule has 11 heteroatoms. The zero-order chi connectivity index (χ0) is 23.2. The Labute approximate surface area is 184 Å². The van der Waals surface area contributed by atoms with E-state index < -0.39 is 18.0 Å². The molecule has 2 aromatic heterocycles. The first-order chi connectivity index (χ1) is 15.0. The van der Waals surface area contributed by atoms with E-state index in [-0.39, 0.29) is 24.0 Å². The number of rotatable bonds is 5. The number of nitrogens with zero attached hydrogens (tertiary/aromatic N) is 4. The molecule has 0 aromatic carbocycles. The average Bonchev–Trinajstić information content (AvgIpc) is 2.67. The van der Waals surface area contributed by atoms with Gasteiger partial charge in [0.2, 0.25) is 5.95 Å². The fourth-order valence-corrected chi connectivity index (χ4v) is 4.34. The third-order valence-electron chi connectivity index (χ3n) is 6.06. The second-order valence-corrected chi connectivity index (χ2v) is 8.85. The molecule has 2 aromatic rings. The van der Waals surface area contributed by atoms with Gasteiger partial charge in [-0.15, -0.1) is 0 Å². The Morgan fingerprint density at radius 3 is 2.44 bits per heavy atom. The maximum absolute atomic E-state index is 12.7. The number of anilines is 4. The molecular formula is C21H28F3N7O. The van der Waals surface area contributed by atoms with E-state index in [1.807, 2.05) is 18.9 Å². The summed E-state index contributed by atoms with van der Waals surface area (Å²) in [7, 11) is 1.92. The number of halogens is 3. The molecule has 8 nitrogen and oxygen atoms in total. The molecule has 0 amide bonds. The van der Waals surface area contributed by atoms with Crippen LogP contribution in [0.15, 0.2) is 18.3 Å². The van der Waals surface area contributed by atoms with E-state index in [0.29, 0.717) is 11.8 Å². The third kappa shape index (κ3) is 4.38. The largest absolute Gasteiger partial charge is 0.417 e. The Balaban J connectivity index is 1.37. The van der Waals surface area contributed by atoms with Crippen LogP contribution in [0.25, 0.3) is 0 Å². The summed E-state index contributed by atoms with van der Waals surface area (Å²) in [5.74, 6) is 1.91. The van der Waals surface area contributed by atoms with Crippen molar-refractivity contribution in [3.8, 4) is 0 Å². The summed E-state index contributed by atoms with van der Waals surface area (Å²) < 4.78 is 38.0. The van der Waals surface area contributed by atoms with Crippen LogP contribution >= 0.6 is 0 Å². The summed E-state index contributed by atoms with van der Waals surface area (Å²) in [5.41, 5.74) is 0.709. The highest BCUT2D eigenvalue weighted by molar-refractivity contribution is 5.72. The van der Waals surface area contributed by atoms with Gasteiger partial charge < -0.3 is 26.0 Å². The normalized spacial score (nSPS) is 25.1. The van der Waals surface area contributed by atoms with Crippen molar-refractivity contribution in [1.29, 1.82) is 0 Å². The van der Waals surface area contributed by atoms with Gasteiger partial charge in [-0.05, 0) is 37.8 Å². The van der Waals surface area contributed by atoms with Crippen LogP contribution < -0.4 is 20.9 Å². The molecular weight excluding hydrogens is 423 g/mol. The fourth-order valence-electron chi connectivity index (χ4n) is 4.34. The minimum Gasteiger partial charge on any atom is -0.372 e. The molecule has 3 heterocycles. The van der Waals surface area contributed by atoms with Gasteiger partial charge in [-0.2, -0.15) is 18.2 Å². The second kappa shape index (κ2) is 8.27. The second-order valence-electron chi connectivity index (χ2n) is 8.85. The van der Waals surface area contributed by atoms with Crippen LogP contribution in [0.1, 0.15) is 37.9 Å². The summed E-state index contributed by atoms with van der Waals surface area (Å²) in [4.78, 5) is 15.1. The lowest BCUT2D eigenvalue weighted by Crippen LogP contribution is -2.52. The number of fused-ring (bicyclic) bond motifs is 1. The van der Waals surface area contributed by atoms with Gasteiger partial charge in [0.05, 0.1) is 17.3 Å². The van der Waals surface area contributed by atoms with Crippen molar-refractivity contribution >= 4 is 23.3 Å². The Bertz CT molecular complexity index is 961. The van der Waals surface area contributed by atoms with E-state index in [2.05, 4.69) is 44.7 Å². The first-order valence-corrected chi connectivity index (χ1v) is 10.7. The monoisotopic (exact) mass is 451 g/mol. The van der Waals surface area contributed by atoms with Gasteiger partial charge in [0.25, 0.3) is 0 Å². The van der Waals surface area contributed by atoms with Crippen LogP contribution in [0, 0.1) is 12.8 Å². The van der Waals surface area contributed by atoms with E-state index in [4.69, 9.17) is 0 Å². The Kier molecular flexibility index (Phi) is 5.78. The van der Waals surface area contributed by atoms with Crippen molar-refractivity contribution in [2.45, 2.75) is 64.1 Å². The molecule has 0 bridgehead atoms. The average molecular weight is 451 g/mol. The highest BCUT2D eigenvalue weighted by Gasteiger charge is 2.36. The molecule has 32 heavy (non-hydrogen) atoms. The molecule has 2 aliphatic rings. The number of aliphatic hydroxyl groups is 1. The van der Waals surface area contributed by atoms with Crippen molar-refractivity contribution in [1.82, 2.24) is 15.0 Å². The van der Waals surface area contributed by atoms with E-state index in [1.165, 1.54) is 6.07 Å². The van der Waals surface area contributed by atoms with Crippen LogP contribution in [-0.4, -0.2) is 51.5 Å². The van der Waals surface area contributed by atoms with Crippen molar-refractivity contribution in [3.05, 3.63) is 29.6 Å². The van der Waals surface area contributed by atoms with Crippen LogP contribution in [-0.2, 0) is 6.18 Å².